The van der Waals surface area contributed by atoms with Crippen LogP contribution in [0.1, 0.15) is 5.56 Å². The average Bonchev–Trinajstić information content (AvgIpc) is 2.70. The molecule has 0 atom stereocenters. The minimum absolute atomic E-state index is 0.447. The largest absolute Gasteiger partial charge is 0.495 e. The summed E-state index contributed by atoms with van der Waals surface area (Å²) in [7, 11) is 3.14. The fourth-order valence-corrected chi connectivity index (χ4v) is 2.81. The fourth-order valence-electron chi connectivity index (χ4n) is 2.58. The highest BCUT2D eigenvalue weighted by Crippen LogP contribution is 2.36. The molecular formula is C20H21ClN4O2. The number of methoxy groups -OCH3 is 2. The summed E-state index contributed by atoms with van der Waals surface area (Å²) in [5.74, 6) is 2.30. The second kappa shape index (κ2) is 9.09. The minimum atomic E-state index is 0.447. The quantitative estimate of drug-likeness (QED) is 0.594. The highest BCUT2D eigenvalue weighted by atomic mass is 35.5. The predicted octanol–water partition coefficient (Wildman–Crippen LogP) is 4.55. The minimum Gasteiger partial charge on any atom is -0.495 e. The molecule has 0 fully saturated rings. The number of benzene rings is 2. The first-order chi connectivity index (χ1) is 13.2. The molecule has 2 aromatic carbocycles. The summed E-state index contributed by atoms with van der Waals surface area (Å²) >= 11 is 6.14. The van der Waals surface area contributed by atoms with Crippen molar-refractivity contribution in [2.75, 3.05) is 31.4 Å². The Labute approximate surface area is 163 Å². The Morgan fingerprint density at radius 3 is 2.52 bits per heavy atom. The van der Waals surface area contributed by atoms with E-state index in [0.29, 0.717) is 28.2 Å². The van der Waals surface area contributed by atoms with E-state index in [1.54, 1.807) is 32.5 Å². The first-order valence-electron chi connectivity index (χ1n) is 8.49. The second-order valence-corrected chi connectivity index (χ2v) is 6.15. The van der Waals surface area contributed by atoms with Crippen LogP contribution in [-0.4, -0.2) is 30.7 Å². The Hall–Kier alpha value is -2.99. The Balaban J connectivity index is 1.69. The number of aromatic nitrogens is 2. The van der Waals surface area contributed by atoms with E-state index in [2.05, 4.69) is 32.7 Å². The van der Waals surface area contributed by atoms with Crippen LogP contribution in [0.4, 0.5) is 17.5 Å². The van der Waals surface area contributed by atoms with Gasteiger partial charge in [-0.2, -0.15) is 4.98 Å². The van der Waals surface area contributed by atoms with E-state index in [4.69, 9.17) is 21.1 Å². The lowest BCUT2D eigenvalue weighted by molar-refractivity contribution is 0.405. The second-order valence-electron chi connectivity index (χ2n) is 5.74. The molecule has 1 heterocycles. The number of hydrogen-bond acceptors (Lipinski definition) is 6. The molecule has 0 aliphatic heterocycles. The van der Waals surface area contributed by atoms with Crippen LogP contribution < -0.4 is 20.1 Å². The number of ether oxygens (including phenoxy) is 2. The van der Waals surface area contributed by atoms with Gasteiger partial charge in [0.15, 0.2) is 0 Å². The van der Waals surface area contributed by atoms with Crippen molar-refractivity contribution in [2.24, 2.45) is 0 Å². The molecule has 0 unspecified atom stereocenters. The van der Waals surface area contributed by atoms with E-state index in [9.17, 15) is 0 Å². The van der Waals surface area contributed by atoms with Gasteiger partial charge in [-0.15, -0.1) is 0 Å². The van der Waals surface area contributed by atoms with Crippen LogP contribution >= 0.6 is 11.6 Å². The summed E-state index contributed by atoms with van der Waals surface area (Å²) in [6.07, 6.45) is 2.61. The molecule has 3 aromatic rings. The maximum Gasteiger partial charge on any atom is 0.229 e. The number of nitrogens with zero attached hydrogens (tertiary/aromatic N) is 2. The monoisotopic (exact) mass is 384 g/mol. The molecular weight excluding hydrogens is 364 g/mol. The first-order valence-corrected chi connectivity index (χ1v) is 8.87. The Morgan fingerprint density at radius 1 is 1.00 bits per heavy atom. The Kier molecular flexibility index (Phi) is 6.33. The fraction of sp³-hybridized carbons (Fsp3) is 0.200. The van der Waals surface area contributed by atoms with Gasteiger partial charge in [-0.05, 0) is 18.1 Å². The summed E-state index contributed by atoms with van der Waals surface area (Å²) < 4.78 is 10.6. The van der Waals surface area contributed by atoms with Crippen molar-refractivity contribution in [3.8, 4) is 11.5 Å². The topological polar surface area (TPSA) is 68.3 Å². The van der Waals surface area contributed by atoms with E-state index in [0.717, 1.165) is 18.8 Å². The van der Waals surface area contributed by atoms with Crippen molar-refractivity contribution in [1.82, 2.24) is 9.97 Å². The van der Waals surface area contributed by atoms with Crippen LogP contribution in [0.15, 0.2) is 54.7 Å². The van der Waals surface area contributed by atoms with Gasteiger partial charge in [-0.1, -0.05) is 41.9 Å². The first kappa shape index (κ1) is 18.8. The zero-order chi connectivity index (χ0) is 19.1. The lowest BCUT2D eigenvalue weighted by Crippen LogP contribution is -2.08. The summed E-state index contributed by atoms with van der Waals surface area (Å²) in [5.41, 5.74) is 1.94. The van der Waals surface area contributed by atoms with E-state index in [-0.39, 0.29) is 0 Å². The van der Waals surface area contributed by atoms with E-state index in [1.807, 2.05) is 24.3 Å². The smallest absolute Gasteiger partial charge is 0.229 e. The molecule has 0 radical (unpaired) electrons. The van der Waals surface area contributed by atoms with Crippen molar-refractivity contribution in [1.29, 1.82) is 0 Å². The zero-order valence-electron chi connectivity index (χ0n) is 15.2. The van der Waals surface area contributed by atoms with Gasteiger partial charge in [-0.3, -0.25) is 0 Å². The molecule has 140 valence electrons. The van der Waals surface area contributed by atoms with Crippen LogP contribution in [0, 0.1) is 0 Å². The molecule has 0 saturated heterocycles. The summed E-state index contributed by atoms with van der Waals surface area (Å²) in [4.78, 5) is 8.75. The average molecular weight is 385 g/mol. The maximum absolute atomic E-state index is 6.14. The standard InChI is InChI=1S/C20H21ClN4O2/c1-26-17-13-16(18(27-2)12-15(17)21)24-20-23-11-9-19(25-20)22-10-8-14-6-4-3-5-7-14/h3-7,9,11-13H,8,10H2,1-2H3,(H2,22,23,24,25). The maximum atomic E-state index is 6.14. The van der Waals surface area contributed by atoms with E-state index < -0.39 is 0 Å². The van der Waals surface area contributed by atoms with E-state index in [1.165, 1.54) is 5.56 Å². The van der Waals surface area contributed by atoms with Gasteiger partial charge >= 0.3 is 0 Å². The van der Waals surface area contributed by atoms with Crippen molar-refractivity contribution in [3.63, 3.8) is 0 Å². The molecule has 1 aromatic heterocycles. The SMILES string of the molecule is COc1cc(Nc2nccc(NCCc3ccccc3)n2)c(OC)cc1Cl. The summed E-state index contributed by atoms with van der Waals surface area (Å²) in [5, 5.41) is 6.93. The highest BCUT2D eigenvalue weighted by molar-refractivity contribution is 6.32. The number of anilines is 3. The lowest BCUT2D eigenvalue weighted by atomic mass is 10.1. The van der Waals surface area contributed by atoms with Crippen molar-refractivity contribution >= 4 is 29.1 Å². The third-order valence-corrected chi connectivity index (χ3v) is 4.23. The lowest BCUT2D eigenvalue weighted by Gasteiger charge is -2.13. The summed E-state index contributed by atoms with van der Waals surface area (Å²) in [6, 6.07) is 15.6. The normalized spacial score (nSPS) is 10.3. The van der Waals surface area contributed by atoms with Gasteiger partial charge < -0.3 is 20.1 Å². The molecule has 0 aliphatic rings. The number of rotatable bonds is 8. The molecule has 0 bridgehead atoms. The molecule has 27 heavy (non-hydrogen) atoms. The highest BCUT2D eigenvalue weighted by Gasteiger charge is 2.11. The van der Waals surface area contributed by atoms with Gasteiger partial charge in [0, 0.05) is 24.9 Å². The number of hydrogen-bond donors (Lipinski definition) is 2. The molecule has 0 amide bonds. The van der Waals surface area contributed by atoms with Crippen molar-refractivity contribution < 1.29 is 9.47 Å². The molecule has 2 N–H and O–H groups in total. The van der Waals surface area contributed by atoms with Crippen LogP contribution in [0.2, 0.25) is 5.02 Å². The molecule has 0 saturated carbocycles. The molecule has 0 aliphatic carbocycles. The van der Waals surface area contributed by atoms with Gasteiger partial charge in [0.2, 0.25) is 5.95 Å². The van der Waals surface area contributed by atoms with Gasteiger partial charge in [0.25, 0.3) is 0 Å². The predicted molar refractivity (Wildman–Crippen MR) is 109 cm³/mol. The van der Waals surface area contributed by atoms with Gasteiger partial charge in [-0.25, -0.2) is 4.98 Å². The third kappa shape index (κ3) is 5.01. The van der Waals surface area contributed by atoms with Crippen molar-refractivity contribution in [3.05, 3.63) is 65.3 Å². The van der Waals surface area contributed by atoms with Crippen LogP contribution in [0.25, 0.3) is 0 Å². The van der Waals surface area contributed by atoms with Crippen LogP contribution in [-0.2, 0) is 6.42 Å². The van der Waals surface area contributed by atoms with Gasteiger partial charge in [0.05, 0.1) is 24.9 Å². The Bertz CT molecular complexity index is 890. The molecule has 7 heteroatoms. The molecule has 6 nitrogen and oxygen atoms in total. The molecule has 3 rings (SSSR count). The van der Waals surface area contributed by atoms with Crippen LogP contribution in [0.3, 0.4) is 0 Å². The van der Waals surface area contributed by atoms with E-state index >= 15 is 0 Å². The van der Waals surface area contributed by atoms with Crippen molar-refractivity contribution in [2.45, 2.75) is 6.42 Å². The van der Waals surface area contributed by atoms with Crippen LogP contribution in [0.5, 0.6) is 11.5 Å². The molecule has 0 spiro atoms. The Morgan fingerprint density at radius 2 is 1.78 bits per heavy atom. The third-order valence-electron chi connectivity index (χ3n) is 3.94. The number of halogens is 1. The number of nitrogens with one attached hydrogen (secondary N) is 2. The van der Waals surface area contributed by atoms with Gasteiger partial charge in [0.1, 0.15) is 17.3 Å². The summed E-state index contributed by atoms with van der Waals surface area (Å²) in [6.45, 7) is 0.776. The zero-order valence-corrected chi connectivity index (χ0v) is 16.0.